The van der Waals surface area contributed by atoms with Gasteiger partial charge in [0.1, 0.15) is 11.8 Å². The number of aromatic nitrogens is 1. The first-order valence-corrected chi connectivity index (χ1v) is 3.55. The van der Waals surface area contributed by atoms with E-state index in [1.807, 2.05) is 0 Å². The van der Waals surface area contributed by atoms with Gasteiger partial charge in [-0.25, -0.2) is 9.37 Å². The Morgan fingerprint density at radius 1 is 1.58 bits per heavy atom. The molecule has 0 bridgehead atoms. The number of alkyl halides is 1. The summed E-state index contributed by atoms with van der Waals surface area (Å²) in [6, 6.07) is 2.67. The molecule has 0 radical (unpaired) electrons. The highest BCUT2D eigenvalue weighted by Gasteiger charge is 2.04. The molecule has 68 valence electrons. The van der Waals surface area contributed by atoms with Gasteiger partial charge < -0.3 is 5.73 Å². The topological polar surface area (TPSA) is 38.9 Å². The number of halogens is 3. The molecule has 2 N–H and O–H groups in total. The van der Waals surface area contributed by atoms with Crippen LogP contribution in [0.3, 0.4) is 0 Å². The van der Waals surface area contributed by atoms with Gasteiger partial charge in [0.05, 0.1) is 6.04 Å². The third-order valence-corrected chi connectivity index (χ3v) is 1.57. The zero-order valence-corrected chi connectivity index (χ0v) is 7.78. The summed E-state index contributed by atoms with van der Waals surface area (Å²) >= 11 is 5.51. The van der Waals surface area contributed by atoms with Gasteiger partial charge in [-0.05, 0) is 11.6 Å². The van der Waals surface area contributed by atoms with Crippen LogP contribution in [0.25, 0.3) is 0 Å². The van der Waals surface area contributed by atoms with Crippen LogP contribution in [0.1, 0.15) is 11.6 Å². The van der Waals surface area contributed by atoms with Crippen molar-refractivity contribution in [1.29, 1.82) is 0 Å². The van der Waals surface area contributed by atoms with Crippen molar-refractivity contribution in [2.75, 3.05) is 6.67 Å². The van der Waals surface area contributed by atoms with E-state index in [2.05, 4.69) is 4.98 Å². The van der Waals surface area contributed by atoms with E-state index in [9.17, 15) is 4.39 Å². The van der Waals surface area contributed by atoms with Crippen LogP contribution >= 0.6 is 24.0 Å². The van der Waals surface area contributed by atoms with E-state index in [1.54, 1.807) is 12.1 Å². The molecule has 0 amide bonds. The summed E-state index contributed by atoms with van der Waals surface area (Å²) in [5.41, 5.74) is 6.05. The van der Waals surface area contributed by atoms with E-state index in [0.29, 0.717) is 10.7 Å². The van der Waals surface area contributed by atoms with Crippen LogP contribution in [0, 0.1) is 0 Å². The number of nitrogens with two attached hydrogens (primary N) is 1. The first kappa shape index (κ1) is 11.6. The number of hydrogen-bond acceptors (Lipinski definition) is 2. The molecule has 0 aliphatic heterocycles. The van der Waals surface area contributed by atoms with Crippen molar-refractivity contribution < 1.29 is 4.39 Å². The molecule has 0 saturated carbocycles. The minimum Gasteiger partial charge on any atom is -0.322 e. The SMILES string of the molecule is Cl.N[C@@H](CF)c1ccc(Cl)nc1. The third kappa shape index (κ3) is 2.93. The molecule has 0 saturated heterocycles. The molecule has 5 heteroatoms. The second-order valence-corrected chi connectivity index (χ2v) is 2.56. The Morgan fingerprint density at radius 2 is 2.25 bits per heavy atom. The Balaban J connectivity index is 0.00000121. The molecule has 1 atom stereocenters. The number of pyridine rings is 1. The van der Waals surface area contributed by atoms with Gasteiger partial charge in [-0.3, -0.25) is 0 Å². The zero-order valence-electron chi connectivity index (χ0n) is 6.21. The smallest absolute Gasteiger partial charge is 0.129 e. The predicted octanol–water partition coefficient (Wildman–Crippen LogP) is 2.13. The minimum atomic E-state index is -0.584. The largest absolute Gasteiger partial charge is 0.322 e. The van der Waals surface area contributed by atoms with Crippen LogP contribution in [0.15, 0.2) is 18.3 Å². The van der Waals surface area contributed by atoms with Crippen molar-refractivity contribution in [3.8, 4) is 0 Å². The first-order valence-electron chi connectivity index (χ1n) is 3.17. The zero-order chi connectivity index (χ0) is 8.27. The normalized spacial score (nSPS) is 11.9. The van der Waals surface area contributed by atoms with Gasteiger partial charge in [0.2, 0.25) is 0 Å². The number of nitrogens with zero attached hydrogens (tertiary/aromatic N) is 1. The van der Waals surface area contributed by atoms with E-state index >= 15 is 0 Å². The summed E-state index contributed by atoms with van der Waals surface area (Å²) < 4.78 is 12.0. The van der Waals surface area contributed by atoms with Crippen LogP contribution in [0.4, 0.5) is 4.39 Å². The predicted molar refractivity (Wildman–Crippen MR) is 49.4 cm³/mol. The van der Waals surface area contributed by atoms with E-state index in [0.717, 1.165) is 0 Å². The average molecular weight is 211 g/mol. The third-order valence-electron chi connectivity index (χ3n) is 1.34. The maximum Gasteiger partial charge on any atom is 0.129 e. The monoisotopic (exact) mass is 210 g/mol. The van der Waals surface area contributed by atoms with Gasteiger partial charge in [-0.1, -0.05) is 17.7 Å². The average Bonchev–Trinajstić information content (AvgIpc) is 2.05. The van der Waals surface area contributed by atoms with Crippen molar-refractivity contribution in [3.05, 3.63) is 29.0 Å². The highest BCUT2D eigenvalue weighted by molar-refractivity contribution is 6.29. The van der Waals surface area contributed by atoms with E-state index < -0.39 is 12.7 Å². The lowest BCUT2D eigenvalue weighted by Gasteiger charge is -2.05. The molecular weight excluding hydrogens is 202 g/mol. The molecule has 2 nitrogen and oxygen atoms in total. The highest BCUT2D eigenvalue weighted by Crippen LogP contribution is 2.11. The van der Waals surface area contributed by atoms with Crippen molar-refractivity contribution in [2.45, 2.75) is 6.04 Å². The first-order chi connectivity index (χ1) is 5.24. The molecule has 12 heavy (non-hydrogen) atoms. The fraction of sp³-hybridized carbons (Fsp3) is 0.286. The van der Waals surface area contributed by atoms with Gasteiger partial charge in [-0.15, -0.1) is 12.4 Å². The van der Waals surface area contributed by atoms with Gasteiger partial charge >= 0.3 is 0 Å². The van der Waals surface area contributed by atoms with E-state index in [4.69, 9.17) is 17.3 Å². The Hall–Kier alpha value is -0.380. The summed E-state index contributed by atoms with van der Waals surface area (Å²) in [4.78, 5) is 3.77. The molecule has 0 aromatic carbocycles. The van der Waals surface area contributed by atoms with Crippen LogP contribution in [-0.2, 0) is 0 Å². The Morgan fingerprint density at radius 3 is 2.67 bits per heavy atom. The molecule has 0 aliphatic carbocycles. The molecule has 0 aliphatic rings. The van der Waals surface area contributed by atoms with Crippen LogP contribution in [-0.4, -0.2) is 11.7 Å². The molecule has 0 fully saturated rings. The van der Waals surface area contributed by atoms with Gasteiger partial charge in [0.25, 0.3) is 0 Å². The Bertz CT molecular complexity index is 227. The molecule has 0 unspecified atom stereocenters. The van der Waals surface area contributed by atoms with Crippen molar-refractivity contribution in [2.24, 2.45) is 5.73 Å². The molecule has 1 aromatic rings. The highest BCUT2D eigenvalue weighted by atomic mass is 35.5. The quantitative estimate of drug-likeness (QED) is 0.761. The Kier molecular flexibility index (Phi) is 5.13. The number of rotatable bonds is 2. The van der Waals surface area contributed by atoms with Crippen molar-refractivity contribution in [1.82, 2.24) is 4.98 Å². The lowest BCUT2D eigenvalue weighted by atomic mass is 10.1. The van der Waals surface area contributed by atoms with Crippen LogP contribution in [0.5, 0.6) is 0 Å². The molecular formula is C7H9Cl2FN2. The van der Waals surface area contributed by atoms with Gasteiger partial charge in [0, 0.05) is 6.20 Å². The lowest BCUT2D eigenvalue weighted by Crippen LogP contribution is -2.12. The van der Waals surface area contributed by atoms with Crippen LogP contribution in [0.2, 0.25) is 5.15 Å². The second kappa shape index (κ2) is 5.30. The minimum absolute atomic E-state index is 0. The summed E-state index contributed by atoms with van der Waals surface area (Å²) in [7, 11) is 0. The fourth-order valence-electron chi connectivity index (χ4n) is 0.696. The second-order valence-electron chi connectivity index (χ2n) is 2.18. The van der Waals surface area contributed by atoms with Crippen molar-refractivity contribution in [3.63, 3.8) is 0 Å². The summed E-state index contributed by atoms with van der Waals surface area (Å²) in [5.74, 6) is 0. The Labute approximate surface area is 81.3 Å². The lowest BCUT2D eigenvalue weighted by molar-refractivity contribution is 0.436. The molecule has 0 spiro atoms. The van der Waals surface area contributed by atoms with E-state index in [-0.39, 0.29) is 12.4 Å². The van der Waals surface area contributed by atoms with Crippen LogP contribution < -0.4 is 5.73 Å². The standard InChI is InChI=1S/C7H8ClFN2.ClH/c8-7-2-1-5(4-11-7)6(10)3-9;/h1-2,4,6H,3,10H2;1H/t6-;/m0./s1. The molecule has 1 heterocycles. The summed E-state index contributed by atoms with van der Waals surface area (Å²) in [5, 5.41) is 0.389. The maximum atomic E-state index is 12.0. The fourth-order valence-corrected chi connectivity index (χ4v) is 0.807. The summed E-state index contributed by atoms with van der Waals surface area (Å²) in [6.07, 6.45) is 1.48. The van der Waals surface area contributed by atoms with Crippen molar-refractivity contribution >= 4 is 24.0 Å². The molecule has 1 aromatic heterocycles. The van der Waals surface area contributed by atoms with E-state index in [1.165, 1.54) is 6.20 Å². The number of hydrogen-bond donors (Lipinski definition) is 1. The van der Waals surface area contributed by atoms with Gasteiger partial charge in [0.15, 0.2) is 0 Å². The molecule has 1 rings (SSSR count). The summed E-state index contributed by atoms with van der Waals surface area (Å²) in [6.45, 7) is -0.580. The maximum absolute atomic E-state index is 12.0. The van der Waals surface area contributed by atoms with Gasteiger partial charge in [-0.2, -0.15) is 0 Å².